The van der Waals surface area contributed by atoms with Gasteiger partial charge in [-0.1, -0.05) is 30.3 Å². The van der Waals surface area contributed by atoms with Crippen molar-refractivity contribution in [3.63, 3.8) is 0 Å². The van der Waals surface area contributed by atoms with E-state index < -0.39 is 5.91 Å². The van der Waals surface area contributed by atoms with E-state index >= 15 is 0 Å². The third-order valence-corrected chi connectivity index (χ3v) is 3.29. The van der Waals surface area contributed by atoms with Gasteiger partial charge in [0.05, 0.1) is 5.39 Å². The zero-order chi connectivity index (χ0) is 16.2. The van der Waals surface area contributed by atoms with Crippen molar-refractivity contribution in [2.45, 2.75) is 0 Å². The van der Waals surface area contributed by atoms with E-state index in [-0.39, 0.29) is 12.0 Å². The largest absolute Gasteiger partial charge is 0.484 e. The highest BCUT2D eigenvalue weighted by Crippen LogP contribution is 2.24. The Kier molecular flexibility index (Phi) is 4.07. The molecule has 6 nitrogen and oxygen atoms in total. The Morgan fingerprint density at radius 3 is 2.65 bits per heavy atom. The van der Waals surface area contributed by atoms with Crippen molar-refractivity contribution in [1.29, 1.82) is 0 Å². The molecule has 116 valence electrons. The fraction of sp³-hybridized carbons (Fsp3) is 0.0588. The average molecular weight is 310 g/mol. The Balaban J connectivity index is 2.00. The molecule has 23 heavy (non-hydrogen) atoms. The number of hydrogen-bond donors (Lipinski definition) is 2. The molecule has 0 saturated heterocycles. The summed E-state index contributed by atoms with van der Waals surface area (Å²) in [6.45, 7) is -0.218. The Morgan fingerprint density at radius 2 is 1.91 bits per heavy atom. The first-order valence-electron chi connectivity index (χ1n) is 6.93. The smallest absolute Gasteiger partial charge is 0.271 e. The molecule has 0 unspecified atom stereocenters. The molecule has 2 aromatic carbocycles. The molecule has 0 aliphatic rings. The van der Waals surface area contributed by atoms with Gasteiger partial charge >= 0.3 is 0 Å². The van der Waals surface area contributed by atoms with E-state index in [0.717, 1.165) is 5.56 Å². The van der Waals surface area contributed by atoms with Gasteiger partial charge in [0.15, 0.2) is 12.0 Å². The first-order chi connectivity index (χ1) is 11.2. The molecule has 3 N–H and O–H groups in total. The summed E-state index contributed by atoms with van der Waals surface area (Å²) in [4.78, 5) is 23.3. The second-order valence-corrected chi connectivity index (χ2v) is 4.86. The minimum Gasteiger partial charge on any atom is -0.484 e. The molecule has 0 aliphatic carbocycles. The number of nitrogens with one attached hydrogen (secondary N) is 1. The highest BCUT2D eigenvalue weighted by molar-refractivity contribution is 5.80. The first kappa shape index (κ1) is 14.8. The van der Waals surface area contributed by atoms with Crippen LogP contribution in [0.1, 0.15) is 0 Å². The number of amides is 1. The highest BCUT2D eigenvalue weighted by Gasteiger charge is 2.08. The molecular formula is C17H14N2O4. The van der Waals surface area contributed by atoms with Crippen molar-refractivity contribution in [1.82, 2.24) is 5.43 Å². The van der Waals surface area contributed by atoms with E-state index in [9.17, 15) is 9.59 Å². The van der Waals surface area contributed by atoms with Gasteiger partial charge in [0.1, 0.15) is 17.1 Å². The topological polar surface area (TPSA) is 94.6 Å². The summed E-state index contributed by atoms with van der Waals surface area (Å²) >= 11 is 0. The number of ether oxygens (including phenoxy) is 1. The summed E-state index contributed by atoms with van der Waals surface area (Å²) in [6.07, 6.45) is 0. The molecule has 0 fully saturated rings. The predicted molar refractivity (Wildman–Crippen MR) is 85.7 cm³/mol. The van der Waals surface area contributed by atoms with E-state index in [1.807, 2.05) is 35.8 Å². The molecule has 1 heterocycles. The Hall–Kier alpha value is -3.12. The van der Waals surface area contributed by atoms with E-state index in [0.29, 0.717) is 22.5 Å². The van der Waals surface area contributed by atoms with E-state index in [4.69, 9.17) is 15.0 Å². The summed E-state index contributed by atoms with van der Waals surface area (Å²) in [5.41, 5.74) is 3.03. The summed E-state index contributed by atoms with van der Waals surface area (Å²) in [7, 11) is 0. The maximum Gasteiger partial charge on any atom is 0.271 e. The van der Waals surface area contributed by atoms with Crippen LogP contribution in [0.15, 0.2) is 63.8 Å². The van der Waals surface area contributed by atoms with Gasteiger partial charge in [0, 0.05) is 17.7 Å². The predicted octanol–water partition coefficient (Wildman–Crippen LogP) is 1.83. The maximum atomic E-state index is 12.2. The molecule has 1 amide bonds. The third kappa shape index (κ3) is 3.22. The number of carbonyl (C=O) groups is 1. The lowest BCUT2D eigenvalue weighted by atomic mass is 10.1. The van der Waals surface area contributed by atoms with Crippen LogP contribution in [0.2, 0.25) is 0 Å². The molecule has 0 spiro atoms. The number of nitrogens with two attached hydrogens (primary N) is 1. The molecule has 0 aliphatic heterocycles. The van der Waals surface area contributed by atoms with Crippen molar-refractivity contribution in [2.75, 3.05) is 6.61 Å². The lowest BCUT2D eigenvalue weighted by Gasteiger charge is -2.07. The normalized spacial score (nSPS) is 10.5. The number of benzene rings is 2. The zero-order valence-electron chi connectivity index (χ0n) is 12.1. The van der Waals surface area contributed by atoms with Gasteiger partial charge in [-0.15, -0.1) is 0 Å². The van der Waals surface area contributed by atoms with Crippen LogP contribution in [-0.4, -0.2) is 12.5 Å². The number of hydrazine groups is 1. The van der Waals surface area contributed by atoms with Crippen LogP contribution in [-0.2, 0) is 4.79 Å². The minimum atomic E-state index is -0.454. The van der Waals surface area contributed by atoms with E-state index in [1.165, 1.54) is 6.07 Å². The highest BCUT2D eigenvalue weighted by atomic mass is 16.5. The van der Waals surface area contributed by atoms with Gasteiger partial charge in [0.25, 0.3) is 5.91 Å². The lowest BCUT2D eigenvalue weighted by molar-refractivity contribution is -0.123. The second-order valence-electron chi connectivity index (χ2n) is 4.86. The van der Waals surface area contributed by atoms with Crippen LogP contribution in [0, 0.1) is 0 Å². The fourth-order valence-electron chi connectivity index (χ4n) is 2.16. The van der Waals surface area contributed by atoms with Crippen LogP contribution in [0.4, 0.5) is 0 Å². The Bertz CT molecular complexity index is 903. The van der Waals surface area contributed by atoms with E-state index in [2.05, 4.69) is 0 Å². The SMILES string of the molecule is NNC(=O)COc1ccc2c(=O)cc(-c3ccccc3)oc2c1. The van der Waals surface area contributed by atoms with Gasteiger partial charge in [-0.25, -0.2) is 5.84 Å². The lowest BCUT2D eigenvalue weighted by Crippen LogP contribution is -2.34. The Labute approximate surface area is 131 Å². The maximum absolute atomic E-state index is 12.2. The van der Waals surface area contributed by atoms with Gasteiger partial charge in [-0.05, 0) is 12.1 Å². The quantitative estimate of drug-likeness (QED) is 0.435. The molecular weight excluding hydrogens is 296 g/mol. The minimum absolute atomic E-state index is 0.142. The molecule has 0 radical (unpaired) electrons. The average Bonchev–Trinajstić information content (AvgIpc) is 2.60. The third-order valence-electron chi connectivity index (χ3n) is 3.29. The first-order valence-corrected chi connectivity index (χ1v) is 6.93. The van der Waals surface area contributed by atoms with Crippen molar-refractivity contribution in [3.05, 3.63) is 64.8 Å². The van der Waals surface area contributed by atoms with Crippen molar-refractivity contribution in [3.8, 4) is 17.1 Å². The number of fused-ring (bicyclic) bond motifs is 1. The van der Waals surface area contributed by atoms with Crippen molar-refractivity contribution in [2.24, 2.45) is 5.84 Å². The number of hydrogen-bond acceptors (Lipinski definition) is 5. The van der Waals surface area contributed by atoms with Gasteiger partial charge in [-0.3, -0.25) is 15.0 Å². The van der Waals surface area contributed by atoms with Gasteiger partial charge in [0.2, 0.25) is 0 Å². The van der Waals surface area contributed by atoms with Crippen molar-refractivity contribution >= 4 is 16.9 Å². The molecule has 0 saturated carbocycles. The van der Waals surface area contributed by atoms with Crippen LogP contribution >= 0.6 is 0 Å². The monoisotopic (exact) mass is 310 g/mol. The fourth-order valence-corrected chi connectivity index (χ4v) is 2.16. The van der Waals surface area contributed by atoms with Crippen molar-refractivity contribution < 1.29 is 13.9 Å². The summed E-state index contributed by atoms with van der Waals surface area (Å²) in [6, 6.07) is 15.6. The molecule has 0 bridgehead atoms. The van der Waals surface area contributed by atoms with Crippen LogP contribution in [0.3, 0.4) is 0 Å². The van der Waals surface area contributed by atoms with Gasteiger partial charge < -0.3 is 9.15 Å². The number of rotatable bonds is 4. The number of carbonyl (C=O) groups excluding carboxylic acids is 1. The summed E-state index contributed by atoms with van der Waals surface area (Å²) < 4.78 is 11.1. The van der Waals surface area contributed by atoms with Crippen LogP contribution < -0.4 is 21.4 Å². The molecule has 6 heteroatoms. The second kappa shape index (κ2) is 6.33. The van der Waals surface area contributed by atoms with Gasteiger partial charge in [-0.2, -0.15) is 0 Å². The Morgan fingerprint density at radius 1 is 1.13 bits per heavy atom. The molecule has 1 aromatic heterocycles. The van der Waals surface area contributed by atoms with E-state index in [1.54, 1.807) is 18.2 Å². The standard InChI is InChI=1S/C17H14N2O4/c18-19-17(21)10-22-12-6-7-13-14(20)9-15(23-16(13)8-12)11-4-2-1-3-5-11/h1-9H,10,18H2,(H,19,21). The molecule has 3 aromatic rings. The van der Waals surface area contributed by atoms with Crippen LogP contribution in [0.25, 0.3) is 22.3 Å². The summed E-state index contributed by atoms with van der Waals surface area (Å²) in [5.74, 6) is 5.42. The summed E-state index contributed by atoms with van der Waals surface area (Å²) in [5, 5.41) is 0.445. The molecule has 3 rings (SSSR count). The van der Waals surface area contributed by atoms with Crippen LogP contribution in [0.5, 0.6) is 5.75 Å². The molecule has 0 atom stereocenters. The zero-order valence-corrected chi connectivity index (χ0v) is 12.1.